The van der Waals surface area contributed by atoms with Crippen molar-refractivity contribution in [3.63, 3.8) is 0 Å². The SMILES string of the molecule is Cc1cccc(-n2ncc(C(=O)N3CC(C(=O)O)O[C@H](C)C3)c2C(F)(F)F)c1. The van der Waals surface area contributed by atoms with E-state index in [1.54, 1.807) is 26.0 Å². The highest BCUT2D eigenvalue weighted by molar-refractivity contribution is 5.96. The maximum absolute atomic E-state index is 13.8. The first-order chi connectivity index (χ1) is 13.1. The Balaban J connectivity index is 2.02. The van der Waals surface area contributed by atoms with Gasteiger partial charge in [0.1, 0.15) is 0 Å². The summed E-state index contributed by atoms with van der Waals surface area (Å²) in [6, 6.07) is 6.30. The van der Waals surface area contributed by atoms with E-state index >= 15 is 0 Å². The minimum absolute atomic E-state index is 0.0183. The summed E-state index contributed by atoms with van der Waals surface area (Å²) in [6.07, 6.45) is -5.90. The lowest BCUT2D eigenvalue weighted by atomic mass is 10.1. The number of nitrogens with zero attached hydrogens (tertiary/aromatic N) is 3. The van der Waals surface area contributed by atoms with Crippen LogP contribution in [0.2, 0.25) is 0 Å². The van der Waals surface area contributed by atoms with Gasteiger partial charge in [0.2, 0.25) is 0 Å². The van der Waals surface area contributed by atoms with Gasteiger partial charge in [-0.15, -0.1) is 0 Å². The summed E-state index contributed by atoms with van der Waals surface area (Å²) < 4.78 is 47.3. The molecule has 1 aromatic carbocycles. The van der Waals surface area contributed by atoms with E-state index in [0.717, 1.165) is 16.7 Å². The van der Waals surface area contributed by atoms with Gasteiger partial charge in [0.25, 0.3) is 5.91 Å². The van der Waals surface area contributed by atoms with Crippen molar-refractivity contribution in [3.05, 3.63) is 47.3 Å². The topological polar surface area (TPSA) is 84.7 Å². The Morgan fingerprint density at radius 1 is 1.29 bits per heavy atom. The predicted octanol–water partition coefficient (Wildman–Crippen LogP) is 2.51. The second kappa shape index (κ2) is 7.27. The van der Waals surface area contributed by atoms with Gasteiger partial charge < -0.3 is 14.7 Å². The van der Waals surface area contributed by atoms with Crippen molar-refractivity contribution >= 4 is 11.9 Å². The lowest BCUT2D eigenvalue weighted by Gasteiger charge is -2.35. The number of carbonyl (C=O) groups is 2. The van der Waals surface area contributed by atoms with E-state index in [4.69, 9.17) is 9.84 Å². The normalized spacial score (nSPS) is 20.2. The van der Waals surface area contributed by atoms with Crippen LogP contribution in [0.5, 0.6) is 0 Å². The van der Waals surface area contributed by atoms with Crippen LogP contribution in [-0.4, -0.2) is 57.0 Å². The molecule has 0 saturated carbocycles. The molecule has 0 bridgehead atoms. The molecule has 2 heterocycles. The second-order valence-electron chi connectivity index (χ2n) is 6.64. The molecule has 1 unspecified atom stereocenters. The highest BCUT2D eigenvalue weighted by atomic mass is 19.4. The van der Waals surface area contributed by atoms with E-state index in [1.165, 1.54) is 12.1 Å². The quantitative estimate of drug-likeness (QED) is 0.860. The molecular formula is C18H18F3N3O4. The van der Waals surface area contributed by atoms with Crippen molar-refractivity contribution in [3.8, 4) is 5.69 Å². The van der Waals surface area contributed by atoms with E-state index in [9.17, 15) is 22.8 Å². The van der Waals surface area contributed by atoms with Gasteiger partial charge in [-0.05, 0) is 31.5 Å². The number of halogens is 3. The number of carboxylic acids is 1. The monoisotopic (exact) mass is 397 g/mol. The number of aryl methyl sites for hydroxylation is 1. The number of alkyl halides is 3. The van der Waals surface area contributed by atoms with Crippen LogP contribution in [0.25, 0.3) is 5.69 Å². The lowest BCUT2D eigenvalue weighted by Crippen LogP contribution is -2.52. The number of hydrogen-bond donors (Lipinski definition) is 1. The first kappa shape index (κ1) is 19.9. The van der Waals surface area contributed by atoms with Crippen molar-refractivity contribution in [2.75, 3.05) is 13.1 Å². The van der Waals surface area contributed by atoms with Crippen molar-refractivity contribution in [2.45, 2.75) is 32.2 Å². The number of hydrogen-bond acceptors (Lipinski definition) is 4. The number of carbonyl (C=O) groups excluding carboxylic acids is 1. The number of carboxylic acid groups (broad SMARTS) is 1. The third-order valence-electron chi connectivity index (χ3n) is 4.34. The van der Waals surface area contributed by atoms with E-state index in [0.29, 0.717) is 4.68 Å². The van der Waals surface area contributed by atoms with Gasteiger partial charge in [-0.3, -0.25) is 4.79 Å². The van der Waals surface area contributed by atoms with Gasteiger partial charge in [-0.2, -0.15) is 18.3 Å². The molecular weight excluding hydrogens is 379 g/mol. The average molecular weight is 397 g/mol. The Bertz CT molecular complexity index is 910. The van der Waals surface area contributed by atoms with E-state index in [2.05, 4.69) is 5.10 Å². The summed E-state index contributed by atoms with van der Waals surface area (Å²) in [5.74, 6) is -2.22. The van der Waals surface area contributed by atoms with Gasteiger partial charge in [0.15, 0.2) is 11.8 Å². The van der Waals surface area contributed by atoms with Crippen LogP contribution in [0.15, 0.2) is 30.5 Å². The van der Waals surface area contributed by atoms with Crippen LogP contribution in [0.3, 0.4) is 0 Å². The Morgan fingerprint density at radius 3 is 2.61 bits per heavy atom. The molecule has 7 nitrogen and oxygen atoms in total. The van der Waals surface area contributed by atoms with Gasteiger partial charge in [-0.1, -0.05) is 12.1 Å². The van der Waals surface area contributed by atoms with Crippen LogP contribution in [0.1, 0.15) is 28.5 Å². The zero-order valence-corrected chi connectivity index (χ0v) is 15.1. The molecule has 0 aliphatic carbocycles. The molecule has 2 atom stereocenters. The summed E-state index contributed by atoms with van der Waals surface area (Å²) in [6.45, 7) is 2.92. The first-order valence-electron chi connectivity index (χ1n) is 8.47. The number of morpholine rings is 1. The minimum Gasteiger partial charge on any atom is -0.479 e. The van der Waals surface area contributed by atoms with Crippen LogP contribution < -0.4 is 0 Å². The molecule has 1 aliphatic heterocycles. The zero-order valence-electron chi connectivity index (χ0n) is 15.1. The van der Waals surface area contributed by atoms with Crippen molar-refractivity contribution in [1.82, 2.24) is 14.7 Å². The van der Waals surface area contributed by atoms with E-state index in [1.807, 2.05) is 0 Å². The number of aromatic nitrogens is 2. The smallest absolute Gasteiger partial charge is 0.434 e. The molecule has 150 valence electrons. The van der Waals surface area contributed by atoms with Gasteiger partial charge in [0, 0.05) is 6.54 Å². The lowest BCUT2D eigenvalue weighted by molar-refractivity contribution is -0.160. The van der Waals surface area contributed by atoms with Crippen molar-refractivity contribution < 1.29 is 32.6 Å². The van der Waals surface area contributed by atoms with Gasteiger partial charge in [0.05, 0.1) is 30.1 Å². The number of aliphatic carboxylic acids is 1. The summed E-state index contributed by atoms with van der Waals surface area (Å²) >= 11 is 0. The second-order valence-corrected chi connectivity index (χ2v) is 6.64. The molecule has 1 amide bonds. The number of rotatable bonds is 3. The molecule has 1 aliphatic rings. The van der Waals surface area contributed by atoms with E-state index < -0.39 is 41.5 Å². The fourth-order valence-electron chi connectivity index (χ4n) is 3.16. The Labute approximate surface area is 158 Å². The fraction of sp³-hybridized carbons (Fsp3) is 0.389. The number of ether oxygens (including phenoxy) is 1. The van der Waals surface area contributed by atoms with Crippen LogP contribution in [0.4, 0.5) is 13.2 Å². The fourth-order valence-corrected chi connectivity index (χ4v) is 3.16. The third kappa shape index (κ3) is 3.86. The zero-order chi connectivity index (χ0) is 20.6. The van der Waals surface area contributed by atoms with E-state index in [-0.39, 0.29) is 18.8 Å². The maximum atomic E-state index is 13.8. The summed E-state index contributed by atoms with van der Waals surface area (Å²) in [7, 11) is 0. The highest BCUT2D eigenvalue weighted by Crippen LogP contribution is 2.34. The molecule has 10 heteroatoms. The Morgan fingerprint density at radius 2 is 2.00 bits per heavy atom. The summed E-state index contributed by atoms with van der Waals surface area (Å²) in [5, 5.41) is 12.9. The Kier molecular flexibility index (Phi) is 5.16. The highest BCUT2D eigenvalue weighted by Gasteiger charge is 2.43. The largest absolute Gasteiger partial charge is 0.479 e. The molecule has 3 rings (SSSR count). The maximum Gasteiger partial charge on any atom is 0.434 e. The predicted molar refractivity (Wildman–Crippen MR) is 91.2 cm³/mol. The summed E-state index contributed by atoms with van der Waals surface area (Å²) in [4.78, 5) is 25.1. The molecule has 1 saturated heterocycles. The minimum atomic E-state index is -4.84. The summed E-state index contributed by atoms with van der Waals surface area (Å²) in [5.41, 5.74) is -0.924. The standard InChI is InChI=1S/C18H18F3N3O4/c1-10-4-3-5-12(6-10)24-15(18(19,20)21)13(7-22-24)16(25)23-8-11(2)28-14(9-23)17(26)27/h3-7,11,14H,8-9H2,1-2H3,(H,26,27)/t11-,14?/m1/s1. The van der Waals surface area contributed by atoms with Crippen molar-refractivity contribution in [1.29, 1.82) is 0 Å². The number of benzene rings is 1. The molecule has 1 fully saturated rings. The molecule has 2 aromatic rings. The van der Waals surface area contributed by atoms with Crippen LogP contribution >= 0.6 is 0 Å². The van der Waals surface area contributed by atoms with Gasteiger partial charge >= 0.3 is 12.1 Å². The molecule has 0 radical (unpaired) electrons. The van der Waals surface area contributed by atoms with Crippen LogP contribution in [0, 0.1) is 6.92 Å². The average Bonchev–Trinajstić information content (AvgIpc) is 3.06. The third-order valence-corrected chi connectivity index (χ3v) is 4.34. The van der Waals surface area contributed by atoms with Gasteiger partial charge in [-0.25, -0.2) is 9.48 Å². The first-order valence-corrected chi connectivity index (χ1v) is 8.47. The number of amides is 1. The molecule has 1 N–H and O–H groups in total. The molecule has 1 aromatic heterocycles. The molecule has 28 heavy (non-hydrogen) atoms. The van der Waals surface area contributed by atoms with Crippen LogP contribution in [-0.2, 0) is 15.7 Å². The molecule has 0 spiro atoms. The Hall–Kier alpha value is -2.88. The van der Waals surface area contributed by atoms with Crippen molar-refractivity contribution in [2.24, 2.45) is 0 Å².